The molecule has 0 saturated heterocycles. The summed E-state index contributed by atoms with van der Waals surface area (Å²) in [5.74, 6) is 0.899. The van der Waals surface area contributed by atoms with Crippen molar-refractivity contribution >= 4 is 11.3 Å². The SMILES string of the molecule is CNCc1sc(Cc2cccc(OC)c2)nc1C(C)(C)C. The molecule has 0 atom stereocenters. The number of ether oxygens (including phenoxy) is 1. The highest BCUT2D eigenvalue weighted by Gasteiger charge is 2.22. The summed E-state index contributed by atoms with van der Waals surface area (Å²) in [6, 6.07) is 8.20. The van der Waals surface area contributed by atoms with Crippen molar-refractivity contribution in [2.24, 2.45) is 0 Å². The second-order valence-corrected chi connectivity index (χ2v) is 7.36. The molecule has 0 spiro atoms. The monoisotopic (exact) mass is 304 g/mol. The maximum Gasteiger partial charge on any atom is 0.119 e. The lowest BCUT2D eigenvalue weighted by atomic mass is 9.91. The fourth-order valence-electron chi connectivity index (χ4n) is 2.30. The molecule has 2 aromatic rings. The van der Waals surface area contributed by atoms with Crippen LogP contribution in [-0.2, 0) is 18.4 Å². The largest absolute Gasteiger partial charge is 0.497 e. The van der Waals surface area contributed by atoms with Crippen LogP contribution in [-0.4, -0.2) is 19.1 Å². The van der Waals surface area contributed by atoms with Crippen molar-refractivity contribution in [1.82, 2.24) is 10.3 Å². The summed E-state index contributed by atoms with van der Waals surface area (Å²) in [6.07, 6.45) is 0.856. The van der Waals surface area contributed by atoms with Crippen LogP contribution in [0.1, 0.15) is 41.9 Å². The van der Waals surface area contributed by atoms with E-state index >= 15 is 0 Å². The van der Waals surface area contributed by atoms with Gasteiger partial charge in [0.15, 0.2) is 0 Å². The Kier molecular flexibility index (Phi) is 5.01. The topological polar surface area (TPSA) is 34.1 Å². The van der Waals surface area contributed by atoms with E-state index in [-0.39, 0.29) is 5.41 Å². The summed E-state index contributed by atoms with van der Waals surface area (Å²) in [5, 5.41) is 4.41. The molecule has 0 amide bonds. The molecule has 1 aromatic heterocycles. The molecular weight excluding hydrogens is 280 g/mol. The maximum absolute atomic E-state index is 5.29. The third-order valence-electron chi connectivity index (χ3n) is 3.28. The number of nitrogens with one attached hydrogen (secondary N) is 1. The van der Waals surface area contributed by atoms with Crippen molar-refractivity contribution in [1.29, 1.82) is 0 Å². The third kappa shape index (κ3) is 4.05. The molecule has 0 fully saturated rings. The molecular formula is C17H24N2OS. The van der Waals surface area contributed by atoms with E-state index in [1.54, 1.807) is 18.4 Å². The van der Waals surface area contributed by atoms with Crippen LogP contribution >= 0.6 is 11.3 Å². The van der Waals surface area contributed by atoms with E-state index in [0.29, 0.717) is 0 Å². The molecule has 0 aliphatic carbocycles. The molecule has 0 saturated carbocycles. The summed E-state index contributed by atoms with van der Waals surface area (Å²) in [5.41, 5.74) is 2.52. The van der Waals surface area contributed by atoms with Crippen LogP contribution in [0.4, 0.5) is 0 Å². The summed E-state index contributed by atoms with van der Waals surface area (Å²) in [6.45, 7) is 7.53. The third-order valence-corrected chi connectivity index (χ3v) is 4.33. The van der Waals surface area contributed by atoms with Gasteiger partial charge >= 0.3 is 0 Å². The molecule has 0 radical (unpaired) electrons. The lowest BCUT2D eigenvalue weighted by Gasteiger charge is -2.17. The van der Waals surface area contributed by atoms with Crippen LogP contribution in [0.15, 0.2) is 24.3 Å². The fraction of sp³-hybridized carbons (Fsp3) is 0.471. The van der Waals surface area contributed by atoms with E-state index in [1.807, 2.05) is 19.2 Å². The molecule has 0 aliphatic rings. The van der Waals surface area contributed by atoms with Crippen LogP contribution < -0.4 is 10.1 Å². The first-order chi connectivity index (χ1) is 9.94. The molecule has 0 unspecified atom stereocenters. The number of thiazole rings is 1. The standard InChI is InChI=1S/C17H24N2OS/c1-17(2,3)16-14(11-18-4)21-15(19-16)10-12-7-6-8-13(9-12)20-5/h6-9,18H,10-11H2,1-5H3. The van der Waals surface area contributed by atoms with Crippen molar-refractivity contribution in [3.05, 3.63) is 45.4 Å². The Hall–Kier alpha value is -1.39. The molecule has 1 N–H and O–H groups in total. The van der Waals surface area contributed by atoms with Gasteiger partial charge in [-0.15, -0.1) is 11.3 Å². The number of aromatic nitrogens is 1. The average molecular weight is 304 g/mol. The minimum Gasteiger partial charge on any atom is -0.497 e. The molecule has 21 heavy (non-hydrogen) atoms. The first-order valence-corrected chi connectivity index (χ1v) is 8.02. The zero-order valence-electron chi connectivity index (χ0n) is 13.5. The first kappa shape index (κ1) is 16.0. The van der Waals surface area contributed by atoms with Crippen LogP contribution in [0.5, 0.6) is 5.75 Å². The number of nitrogens with zero attached hydrogens (tertiary/aromatic N) is 1. The van der Waals surface area contributed by atoms with Gasteiger partial charge in [0.1, 0.15) is 5.75 Å². The van der Waals surface area contributed by atoms with Crippen molar-refractivity contribution in [3.8, 4) is 5.75 Å². The van der Waals surface area contributed by atoms with Crippen LogP contribution in [0.25, 0.3) is 0 Å². The Bertz CT molecular complexity index is 599. The average Bonchev–Trinajstić information content (AvgIpc) is 2.82. The van der Waals surface area contributed by atoms with E-state index in [0.717, 1.165) is 18.7 Å². The fourth-order valence-corrected chi connectivity index (χ4v) is 3.62. The van der Waals surface area contributed by atoms with Crippen molar-refractivity contribution in [2.75, 3.05) is 14.2 Å². The summed E-state index contributed by atoms with van der Waals surface area (Å²) >= 11 is 1.80. The van der Waals surface area contributed by atoms with Gasteiger partial charge in [-0.1, -0.05) is 32.9 Å². The molecule has 2 rings (SSSR count). The predicted octanol–water partition coefficient (Wildman–Crippen LogP) is 3.76. The summed E-state index contributed by atoms with van der Waals surface area (Å²) < 4.78 is 5.29. The van der Waals surface area contributed by atoms with E-state index in [4.69, 9.17) is 9.72 Å². The Morgan fingerprint density at radius 2 is 2.05 bits per heavy atom. The first-order valence-electron chi connectivity index (χ1n) is 7.20. The predicted molar refractivity (Wildman–Crippen MR) is 89.4 cm³/mol. The van der Waals surface area contributed by atoms with E-state index in [9.17, 15) is 0 Å². The maximum atomic E-state index is 5.29. The van der Waals surface area contributed by atoms with Gasteiger partial charge in [0.25, 0.3) is 0 Å². The summed E-state index contributed by atoms with van der Waals surface area (Å²) in [4.78, 5) is 6.22. The number of hydrogen-bond acceptors (Lipinski definition) is 4. The van der Waals surface area contributed by atoms with E-state index in [2.05, 4.69) is 38.2 Å². The van der Waals surface area contributed by atoms with Gasteiger partial charge in [-0.25, -0.2) is 4.98 Å². The van der Waals surface area contributed by atoms with Gasteiger partial charge in [0.2, 0.25) is 0 Å². The smallest absolute Gasteiger partial charge is 0.119 e. The minimum atomic E-state index is 0.0787. The van der Waals surface area contributed by atoms with Crippen molar-refractivity contribution < 1.29 is 4.74 Å². The molecule has 1 heterocycles. The highest BCUT2D eigenvalue weighted by atomic mass is 32.1. The van der Waals surface area contributed by atoms with Crippen molar-refractivity contribution in [2.45, 2.75) is 39.2 Å². The molecule has 0 aliphatic heterocycles. The number of methoxy groups -OCH3 is 1. The molecule has 1 aromatic carbocycles. The Balaban J connectivity index is 2.27. The molecule has 114 valence electrons. The van der Waals surface area contributed by atoms with Crippen molar-refractivity contribution in [3.63, 3.8) is 0 Å². The van der Waals surface area contributed by atoms with Gasteiger partial charge in [0, 0.05) is 23.3 Å². The van der Waals surface area contributed by atoms with Gasteiger partial charge in [-0.2, -0.15) is 0 Å². The van der Waals surface area contributed by atoms with Crippen LogP contribution in [0, 0.1) is 0 Å². The second-order valence-electron chi connectivity index (χ2n) is 6.19. The van der Waals surface area contributed by atoms with E-state index in [1.165, 1.54) is 21.1 Å². The number of hydrogen-bond donors (Lipinski definition) is 1. The molecule has 4 heteroatoms. The van der Waals surface area contributed by atoms with Crippen LogP contribution in [0.3, 0.4) is 0 Å². The number of benzene rings is 1. The zero-order chi connectivity index (χ0) is 15.5. The van der Waals surface area contributed by atoms with Gasteiger partial charge in [0.05, 0.1) is 17.8 Å². The minimum absolute atomic E-state index is 0.0787. The van der Waals surface area contributed by atoms with Gasteiger partial charge in [-0.05, 0) is 24.7 Å². The Morgan fingerprint density at radius 1 is 1.29 bits per heavy atom. The number of rotatable bonds is 5. The van der Waals surface area contributed by atoms with Gasteiger partial charge in [-0.3, -0.25) is 0 Å². The van der Waals surface area contributed by atoms with E-state index < -0.39 is 0 Å². The highest BCUT2D eigenvalue weighted by molar-refractivity contribution is 7.11. The normalized spacial score (nSPS) is 11.7. The molecule has 3 nitrogen and oxygen atoms in total. The highest BCUT2D eigenvalue weighted by Crippen LogP contribution is 2.30. The lowest BCUT2D eigenvalue weighted by molar-refractivity contribution is 0.414. The molecule has 0 bridgehead atoms. The summed E-state index contributed by atoms with van der Waals surface area (Å²) in [7, 11) is 3.68. The lowest BCUT2D eigenvalue weighted by Crippen LogP contribution is -2.16. The van der Waals surface area contributed by atoms with Crippen LogP contribution in [0.2, 0.25) is 0 Å². The second kappa shape index (κ2) is 6.58. The Morgan fingerprint density at radius 3 is 2.67 bits per heavy atom. The quantitative estimate of drug-likeness (QED) is 0.913. The Labute approximate surface area is 131 Å². The zero-order valence-corrected chi connectivity index (χ0v) is 14.3. The van der Waals surface area contributed by atoms with Gasteiger partial charge < -0.3 is 10.1 Å².